The van der Waals surface area contributed by atoms with E-state index in [0.29, 0.717) is 11.3 Å². The molecule has 5 heteroatoms. The van der Waals surface area contributed by atoms with Gasteiger partial charge in [0.2, 0.25) is 0 Å². The van der Waals surface area contributed by atoms with Crippen LogP contribution in [-0.2, 0) is 0 Å². The summed E-state index contributed by atoms with van der Waals surface area (Å²) in [6, 6.07) is 5.32. The fourth-order valence-corrected chi connectivity index (χ4v) is 1.12. The highest BCUT2D eigenvalue weighted by molar-refractivity contribution is 6.04. The number of hydrogen-bond donors (Lipinski definition) is 2. The van der Waals surface area contributed by atoms with E-state index in [-0.39, 0.29) is 11.7 Å². The molecule has 0 aliphatic carbocycles. The first kappa shape index (κ1) is 9.39. The Morgan fingerprint density at radius 3 is 2.67 bits per heavy atom. The highest BCUT2D eigenvalue weighted by Gasteiger charge is 2.05. The molecule has 0 spiro atoms. The number of nitrogens with one attached hydrogen (secondary N) is 2. The maximum absolute atomic E-state index is 12.6. The third-order valence-corrected chi connectivity index (χ3v) is 1.86. The van der Waals surface area contributed by atoms with Gasteiger partial charge in [-0.15, -0.1) is 0 Å². The first-order chi connectivity index (χ1) is 7.25. The lowest BCUT2D eigenvalue weighted by Gasteiger charge is -2.01. The Bertz CT molecular complexity index is 450. The fraction of sp³-hybridized carbons (Fsp3) is 0. The minimum atomic E-state index is -0.366. The van der Waals surface area contributed by atoms with Crippen molar-refractivity contribution in [1.29, 1.82) is 0 Å². The van der Waals surface area contributed by atoms with E-state index in [1.54, 1.807) is 6.20 Å². The van der Waals surface area contributed by atoms with E-state index in [9.17, 15) is 9.18 Å². The average molecular weight is 205 g/mol. The molecule has 1 aromatic carbocycles. The summed E-state index contributed by atoms with van der Waals surface area (Å²) >= 11 is 0. The van der Waals surface area contributed by atoms with Crippen LogP contribution in [0.2, 0.25) is 0 Å². The summed E-state index contributed by atoms with van der Waals surface area (Å²) in [6.45, 7) is 0. The van der Waals surface area contributed by atoms with Gasteiger partial charge in [-0.2, -0.15) is 5.10 Å². The van der Waals surface area contributed by atoms with Crippen LogP contribution in [0.5, 0.6) is 0 Å². The van der Waals surface area contributed by atoms with Gasteiger partial charge in [-0.25, -0.2) is 4.39 Å². The maximum atomic E-state index is 12.6. The fourth-order valence-electron chi connectivity index (χ4n) is 1.12. The van der Waals surface area contributed by atoms with Gasteiger partial charge in [-0.1, -0.05) is 0 Å². The Balaban J connectivity index is 2.11. The molecule has 1 heterocycles. The molecule has 1 amide bonds. The molecule has 0 unspecified atom stereocenters. The summed E-state index contributed by atoms with van der Waals surface area (Å²) in [5, 5.41) is 8.86. The van der Waals surface area contributed by atoms with Gasteiger partial charge < -0.3 is 5.32 Å². The Hall–Kier alpha value is -2.17. The van der Waals surface area contributed by atoms with Gasteiger partial charge in [0, 0.05) is 11.8 Å². The highest BCUT2D eigenvalue weighted by atomic mass is 19.1. The number of halogens is 1. The molecule has 2 rings (SSSR count). The van der Waals surface area contributed by atoms with Gasteiger partial charge in [0.1, 0.15) is 5.82 Å². The van der Waals surface area contributed by atoms with E-state index >= 15 is 0 Å². The van der Waals surface area contributed by atoms with E-state index in [2.05, 4.69) is 15.5 Å². The molecule has 0 bridgehead atoms. The zero-order valence-corrected chi connectivity index (χ0v) is 7.70. The van der Waals surface area contributed by atoms with Crippen molar-refractivity contribution in [3.8, 4) is 0 Å². The summed E-state index contributed by atoms with van der Waals surface area (Å²) in [5.74, 6) is -0.661. The van der Waals surface area contributed by atoms with Crippen molar-refractivity contribution in [2.75, 3.05) is 5.32 Å². The molecule has 0 aliphatic heterocycles. The lowest BCUT2D eigenvalue weighted by molar-refractivity contribution is 0.102. The number of carbonyl (C=O) groups is 1. The molecule has 2 N–H and O–H groups in total. The van der Waals surface area contributed by atoms with Gasteiger partial charge in [0.25, 0.3) is 5.91 Å². The zero-order valence-electron chi connectivity index (χ0n) is 7.70. The second-order valence-corrected chi connectivity index (χ2v) is 2.95. The highest BCUT2D eigenvalue weighted by Crippen LogP contribution is 2.07. The van der Waals surface area contributed by atoms with E-state index in [1.807, 2.05) is 0 Å². The molecule has 0 saturated heterocycles. The number of benzene rings is 1. The molecule has 2 aromatic rings. The smallest absolute Gasteiger partial charge is 0.255 e. The summed E-state index contributed by atoms with van der Waals surface area (Å²) in [6.07, 6.45) is 3.04. The standard InChI is InChI=1S/C10H8FN3O/c11-8-3-1-7(2-4-8)10(15)14-9-5-12-13-6-9/h1-6H,(H,12,13)(H,14,15). The van der Waals surface area contributed by atoms with Crippen molar-refractivity contribution in [3.05, 3.63) is 48.0 Å². The number of nitrogens with zero attached hydrogens (tertiary/aromatic N) is 1. The van der Waals surface area contributed by atoms with Crippen LogP contribution in [0.25, 0.3) is 0 Å². The van der Waals surface area contributed by atoms with Gasteiger partial charge in [-0.3, -0.25) is 9.89 Å². The number of aromatic nitrogens is 2. The van der Waals surface area contributed by atoms with Crippen LogP contribution >= 0.6 is 0 Å². The molecule has 0 radical (unpaired) electrons. The second kappa shape index (κ2) is 3.91. The molecule has 0 fully saturated rings. The van der Waals surface area contributed by atoms with Gasteiger partial charge in [-0.05, 0) is 24.3 Å². The maximum Gasteiger partial charge on any atom is 0.255 e. The van der Waals surface area contributed by atoms with Crippen molar-refractivity contribution < 1.29 is 9.18 Å². The largest absolute Gasteiger partial charge is 0.319 e. The van der Waals surface area contributed by atoms with E-state index < -0.39 is 0 Å². The summed E-state index contributed by atoms with van der Waals surface area (Å²) < 4.78 is 12.6. The van der Waals surface area contributed by atoms with Crippen molar-refractivity contribution in [2.24, 2.45) is 0 Å². The molecule has 4 nitrogen and oxygen atoms in total. The number of carbonyl (C=O) groups excluding carboxylic acids is 1. The monoisotopic (exact) mass is 205 g/mol. The molecular formula is C10H8FN3O. The molecule has 0 aliphatic rings. The second-order valence-electron chi connectivity index (χ2n) is 2.95. The van der Waals surface area contributed by atoms with Crippen LogP contribution < -0.4 is 5.32 Å². The quantitative estimate of drug-likeness (QED) is 0.785. The average Bonchev–Trinajstić information content (AvgIpc) is 2.71. The van der Waals surface area contributed by atoms with Gasteiger partial charge in [0.05, 0.1) is 11.9 Å². The number of aromatic amines is 1. The van der Waals surface area contributed by atoms with Crippen LogP contribution in [0.15, 0.2) is 36.7 Å². The SMILES string of the molecule is O=C(Nc1cn[nH]c1)c1ccc(F)cc1. The normalized spacial score (nSPS) is 9.93. The predicted octanol–water partition coefficient (Wildman–Crippen LogP) is 1.80. The Labute approximate surface area is 85.1 Å². The van der Waals surface area contributed by atoms with Crippen molar-refractivity contribution in [3.63, 3.8) is 0 Å². The number of H-pyrrole nitrogens is 1. The van der Waals surface area contributed by atoms with Crippen LogP contribution in [0, 0.1) is 5.82 Å². The number of anilines is 1. The summed E-state index contributed by atoms with van der Waals surface area (Å²) in [7, 11) is 0. The molecule has 0 atom stereocenters. The number of rotatable bonds is 2. The Morgan fingerprint density at radius 2 is 2.07 bits per heavy atom. The summed E-state index contributed by atoms with van der Waals surface area (Å²) in [4.78, 5) is 11.5. The summed E-state index contributed by atoms with van der Waals surface area (Å²) in [5.41, 5.74) is 0.974. The molecule has 76 valence electrons. The zero-order chi connectivity index (χ0) is 10.7. The van der Waals surface area contributed by atoms with Gasteiger partial charge in [0.15, 0.2) is 0 Å². The molecule has 15 heavy (non-hydrogen) atoms. The predicted molar refractivity (Wildman–Crippen MR) is 52.9 cm³/mol. The topological polar surface area (TPSA) is 57.8 Å². The van der Waals surface area contributed by atoms with Crippen LogP contribution in [0.4, 0.5) is 10.1 Å². The van der Waals surface area contributed by atoms with E-state index in [0.717, 1.165) is 0 Å². The van der Waals surface area contributed by atoms with Crippen LogP contribution in [-0.4, -0.2) is 16.1 Å². The molecule has 0 saturated carbocycles. The van der Waals surface area contributed by atoms with Crippen molar-refractivity contribution in [1.82, 2.24) is 10.2 Å². The Kier molecular flexibility index (Phi) is 2.45. The van der Waals surface area contributed by atoms with Crippen LogP contribution in [0.1, 0.15) is 10.4 Å². The van der Waals surface area contributed by atoms with E-state index in [1.165, 1.54) is 30.5 Å². The van der Waals surface area contributed by atoms with Gasteiger partial charge >= 0.3 is 0 Å². The van der Waals surface area contributed by atoms with Crippen molar-refractivity contribution in [2.45, 2.75) is 0 Å². The number of hydrogen-bond acceptors (Lipinski definition) is 2. The third kappa shape index (κ3) is 2.19. The number of amides is 1. The molecule has 1 aromatic heterocycles. The Morgan fingerprint density at radius 1 is 1.33 bits per heavy atom. The minimum absolute atomic E-state index is 0.295. The lowest BCUT2D eigenvalue weighted by atomic mass is 10.2. The molecular weight excluding hydrogens is 197 g/mol. The van der Waals surface area contributed by atoms with Crippen LogP contribution in [0.3, 0.4) is 0 Å². The minimum Gasteiger partial charge on any atom is -0.319 e. The lowest BCUT2D eigenvalue weighted by Crippen LogP contribution is -2.11. The van der Waals surface area contributed by atoms with Crippen molar-refractivity contribution >= 4 is 11.6 Å². The third-order valence-electron chi connectivity index (χ3n) is 1.86. The van der Waals surface area contributed by atoms with E-state index in [4.69, 9.17) is 0 Å². The first-order valence-corrected chi connectivity index (χ1v) is 4.31. The first-order valence-electron chi connectivity index (χ1n) is 4.31.